The van der Waals surface area contributed by atoms with Crippen molar-refractivity contribution in [1.29, 1.82) is 0 Å². The first-order chi connectivity index (χ1) is 17.5. The number of piperazine rings is 1. The molecule has 0 radical (unpaired) electrons. The van der Waals surface area contributed by atoms with Crippen LogP contribution in [-0.4, -0.2) is 88.1 Å². The highest BCUT2D eigenvalue weighted by Gasteiger charge is 2.57. The highest BCUT2D eigenvalue weighted by Crippen LogP contribution is 2.47. The van der Waals surface area contributed by atoms with E-state index in [1.807, 2.05) is 13.8 Å². The Kier molecular flexibility index (Phi) is 6.64. The lowest BCUT2D eigenvalue weighted by Gasteiger charge is -2.49. The predicted octanol–water partition coefficient (Wildman–Crippen LogP) is 1.72. The topological polar surface area (TPSA) is 127 Å². The average Bonchev–Trinajstić information content (AvgIpc) is 3.58. The summed E-state index contributed by atoms with van der Waals surface area (Å²) in [5.74, 6) is 0.530. The summed E-state index contributed by atoms with van der Waals surface area (Å²) in [6, 6.07) is 0.243. The number of nitrogens with zero attached hydrogens (tertiary/aromatic N) is 5. The molecule has 4 heterocycles. The number of nitrogens with one attached hydrogen (secondary N) is 1. The van der Waals surface area contributed by atoms with Gasteiger partial charge >= 0.3 is 11.8 Å². The standard InChI is InChI=1S/C26H39FN8O2/c1-16-12-35(26(7-8-26)15-33(16)13-18-5-9-37-10-6-18)24(36)34-14-19(21(28)25(34,3)4)22(29)32-23-20(27)11-30-17(2)31-23/h11,16,18H,5-10,12-15,28H2,1-4H3,(H2,29,30,31,32)/p+1/t16-/m1/s1. The summed E-state index contributed by atoms with van der Waals surface area (Å²) < 4.78 is 19.8. The number of aryl methyl sites for hydroxylation is 1. The number of carbonyl (C=O) groups excluding carboxylic acids is 1. The molecule has 0 aromatic carbocycles. The Morgan fingerprint density at radius 1 is 1.30 bits per heavy atom. The van der Waals surface area contributed by atoms with E-state index in [9.17, 15) is 9.18 Å². The van der Waals surface area contributed by atoms with Crippen molar-refractivity contribution in [1.82, 2.24) is 19.7 Å². The molecule has 2 amide bonds. The van der Waals surface area contributed by atoms with Crippen molar-refractivity contribution in [2.24, 2.45) is 22.4 Å². The van der Waals surface area contributed by atoms with E-state index in [0.717, 1.165) is 52.0 Å². The zero-order chi connectivity index (χ0) is 26.5. The van der Waals surface area contributed by atoms with Crippen molar-refractivity contribution in [3.63, 3.8) is 0 Å². The second kappa shape index (κ2) is 9.50. The van der Waals surface area contributed by atoms with Gasteiger partial charge in [0.15, 0.2) is 0 Å². The lowest BCUT2D eigenvalue weighted by molar-refractivity contribution is -0.395. The Morgan fingerprint density at radius 3 is 2.68 bits per heavy atom. The average molecular weight is 516 g/mol. The number of aromatic amines is 1. The molecule has 5 rings (SSSR count). The van der Waals surface area contributed by atoms with E-state index in [1.54, 1.807) is 11.8 Å². The van der Waals surface area contributed by atoms with Crippen LogP contribution in [0.25, 0.3) is 0 Å². The van der Waals surface area contributed by atoms with Crippen molar-refractivity contribution in [2.45, 2.75) is 70.5 Å². The second-order valence-corrected chi connectivity index (χ2v) is 11.6. The van der Waals surface area contributed by atoms with Crippen LogP contribution >= 0.6 is 0 Å². The number of amidine groups is 1. The molecule has 4 aliphatic rings. The Balaban J connectivity index is 1.32. The molecule has 37 heavy (non-hydrogen) atoms. The molecule has 202 valence electrons. The molecule has 1 spiro atoms. The predicted molar refractivity (Wildman–Crippen MR) is 137 cm³/mol. The summed E-state index contributed by atoms with van der Waals surface area (Å²) in [5.41, 5.74) is 13.0. The van der Waals surface area contributed by atoms with Gasteiger partial charge in [-0.3, -0.25) is 4.90 Å². The SMILES string of the molecule is Cc1nc(N=C(N)C2=C(N)C(C)(C)N(C(=O)N3C[C@@H](C)N(CC4CCOCC4)CC34CC4)C2)c(F)c[nH+]1. The van der Waals surface area contributed by atoms with Crippen molar-refractivity contribution in [2.75, 3.05) is 39.4 Å². The third-order valence-electron chi connectivity index (χ3n) is 8.67. The van der Waals surface area contributed by atoms with E-state index < -0.39 is 11.4 Å². The number of aromatic nitrogens is 2. The molecule has 1 aliphatic carbocycles. The Morgan fingerprint density at radius 2 is 2.00 bits per heavy atom. The van der Waals surface area contributed by atoms with E-state index in [2.05, 4.69) is 31.7 Å². The van der Waals surface area contributed by atoms with Crippen LogP contribution < -0.4 is 16.5 Å². The van der Waals surface area contributed by atoms with E-state index in [-0.39, 0.29) is 35.8 Å². The second-order valence-electron chi connectivity index (χ2n) is 11.6. The van der Waals surface area contributed by atoms with Gasteiger partial charge in [-0.1, -0.05) is 0 Å². The maximum absolute atomic E-state index is 14.2. The largest absolute Gasteiger partial charge is 0.400 e. The van der Waals surface area contributed by atoms with Gasteiger partial charge in [-0.25, -0.2) is 9.78 Å². The van der Waals surface area contributed by atoms with Crippen molar-refractivity contribution < 1.29 is 18.9 Å². The molecule has 3 fully saturated rings. The minimum Gasteiger partial charge on any atom is -0.400 e. The van der Waals surface area contributed by atoms with Crippen molar-refractivity contribution in [3.05, 3.63) is 29.1 Å². The monoisotopic (exact) mass is 515 g/mol. The van der Waals surface area contributed by atoms with Crippen LogP contribution in [-0.2, 0) is 4.74 Å². The third-order valence-corrected chi connectivity index (χ3v) is 8.67. The van der Waals surface area contributed by atoms with Gasteiger partial charge in [0.1, 0.15) is 12.0 Å². The molecular weight excluding hydrogens is 475 g/mol. The van der Waals surface area contributed by atoms with Gasteiger partial charge in [0.05, 0.1) is 17.6 Å². The first kappa shape index (κ1) is 25.8. The van der Waals surface area contributed by atoms with Gasteiger partial charge in [0.2, 0.25) is 5.82 Å². The molecule has 2 saturated heterocycles. The zero-order valence-electron chi connectivity index (χ0n) is 22.4. The lowest BCUT2D eigenvalue weighted by atomic mass is 9.96. The normalized spacial score (nSPS) is 26.3. The number of amides is 2. The number of aliphatic imine (C=N–C) groups is 1. The van der Waals surface area contributed by atoms with Gasteiger partial charge in [0, 0.05) is 57.1 Å². The minimum absolute atomic E-state index is 0.0275. The maximum atomic E-state index is 14.2. The highest BCUT2D eigenvalue weighted by atomic mass is 19.1. The van der Waals surface area contributed by atoms with Crippen molar-refractivity contribution >= 4 is 17.7 Å². The molecule has 1 aromatic rings. The fourth-order valence-electron chi connectivity index (χ4n) is 5.91. The quantitative estimate of drug-likeness (QED) is 0.464. The summed E-state index contributed by atoms with van der Waals surface area (Å²) >= 11 is 0. The zero-order valence-corrected chi connectivity index (χ0v) is 22.4. The number of hydrogen-bond donors (Lipinski definition) is 2. The summed E-state index contributed by atoms with van der Waals surface area (Å²) in [6.07, 6.45) is 5.44. The van der Waals surface area contributed by atoms with Crippen LogP contribution in [0.2, 0.25) is 0 Å². The van der Waals surface area contributed by atoms with Gasteiger partial charge in [-0.05, 0) is 57.4 Å². The maximum Gasteiger partial charge on any atom is 0.321 e. The minimum atomic E-state index is -0.753. The van der Waals surface area contributed by atoms with E-state index in [0.29, 0.717) is 29.6 Å². The van der Waals surface area contributed by atoms with Crippen LogP contribution in [0, 0.1) is 18.7 Å². The number of H-pyrrole nitrogens is 1. The molecule has 0 unspecified atom stereocenters. The molecule has 3 aliphatic heterocycles. The number of carbonyl (C=O) groups is 1. The number of ether oxygens (including phenoxy) is 1. The molecule has 1 saturated carbocycles. The summed E-state index contributed by atoms with van der Waals surface area (Å²) in [5, 5.41) is 0. The molecule has 1 aromatic heterocycles. The van der Waals surface area contributed by atoms with E-state index in [1.165, 1.54) is 6.20 Å². The number of rotatable bonds is 4. The van der Waals surface area contributed by atoms with Gasteiger partial charge in [0.25, 0.3) is 5.82 Å². The van der Waals surface area contributed by atoms with Crippen LogP contribution in [0.1, 0.15) is 52.3 Å². The van der Waals surface area contributed by atoms with Gasteiger partial charge < -0.3 is 26.0 Å². The molecular formula is C26H40FN8O2+. The number of hydrogen-bond acceptors (Lipinski definition) is 6. The molecule has 10 nitrogen and oxygen atoms in total. The first-order valence-corrected chi connectivity index (χ1v) is 13.3. The molecule has 11 heteroatoms. The van der Waals surface area contributed by atoms with Gasteiger partial charge in [-0.2, -0.15) is 9.38 Å². The smallest absolute Gasteiger partial charge is 0.321 e. The third kappa shape index (κ3) is 4.79. The summed E-state index contributed by atoms with van der Waals surface area (Å²) in [6.45, 7) is 12.3. The van der Waals surface area contributed by atoms with Crippen LogP contribution in [0.5, 0.6) is 0 Å². The van der Waals surface area contributed by atoms with Crippen LogP contribution in [0.3, 0.4) is 0 Å². The Labute approximate surface area is 217 Å². The van der Waals surface area contributed by atoms with E-state index in [4.69, 9.17) is 16.2 Å². The number of nitrogens with two attached hydrogens (primary N) is 2. The Hall–Kier alpha value is -2.79. The van der Waals surface area contributed by atoms with Crippen molar-refractivity contribution in [3.8, 4) is 0 Å². The van der Waals surface area contributed by atoms with Crippen LogP contribution in [0.4, 0.5) is 15.0 Å². The molecule has 0 bridgehead atoms. The lowest BCUT2D eigenvalue weighted by Crippen LogP contribution is -2.65. The summed E-state index contributed by atoms with van der Waals surface area (Å²) in [7, 11) is 0. The fourth-order valence-corrected chi connectivity index (χ4v) is 5.91. The summed E-state index contributed by atoms with van der Waals surface area (Å²) in [4.78, 5) is 31.5. The first-order valence-electron chi connectivity index (χ1n) is 13.3. The highest BCUT2D eigenvalue weighted by molar-refractivity contribution is 6.01. The van der Waals surface area contributed by atoms with E-state index >= 15 is 0 Å². The molecule has 5 N–H and O–H groups in total. The van der Waals surface area contributed by atoms with Gasteiger partial charge in [-0.15, -0.1) is 0 Å². The number of halogens is 1. The van der Waals surface area contributed by atoms with Crippen LogP contribution in [0.15, 0.2) is 22.5 Å². The fraction of sp³-hybridized carbons (Fsp3) is 0.692. The number of urea groups is 1. The Bertz CT molecular complexity index is 1130. The molecule has 1 atom stereocenters.